The van der Waals surface area contributed by atoms with Crippen LogP contribution in [0.2, 0.25) is 0 Å². The van der Waals surface area contributed by atoms with Crippen LogP contribution in [0.15, 0.2) is 42.0 Å². The Hall–Kier alpha value is -1.08. The van der Waals surface area contributed by atoms with Crippen molar-refractivity contribution in [3.63, 3.8) is 0 Å². The molecule has 1 aromatic carbocycles. The van der Waals surface area contributed by atoms with Gasteiger partial charge in [-0.2, -0.15) is 0 Å². The summed E-state index contributed by atoms with van der Waals surface area (Å²) < 4.78 is 0. The molecule has 0 heterocycles. The predicted octanol–water partition coefficient (Wildman–Crippen LogP) is 2.78. The smallest absolute Gasteiger partial charge is 0.0137 e. The van der Waals surface area contributed by atoms with Gasteiger partial charge in [-0.15, -0.1) is 0 Å². The van der Waals surface area contributed by atoms with Crippen molar-refractivity contribution in [2.45, 2.75) is 20.3 Å². The van der Waals surface area contributed by atoms with Crippen LogP contribution < -0.4 is 5.32 Å². The van der Waals surface area contributed by atoms with Gasteiger partial charge in [0.25, 0.3) is 0 Å². The molecular formula is C13H19N. The zero-order valence-corrected chi connectivity index (χ0v) is 9.09. The molecule has 1 nitrogen and oxygen atoms in total. The van der Waals surface area contributed by atoms with Gasteiger partial charge in [0.15, 0.2) is 0 Å². The molecule has 1 rings (SSSR count). The number of nitrogens with one attached hydrogen (secondary N) is 1. The van der Waals surface area contributed by atoms with Crippen molar-refractivity contribution in [3.8, 4) is 0 Å². The van der Waals surface area contributed by atoms with Gasteiger partial charge in [0, 0.05) is 6.54 Å². The summed E-state index contributed by atoms with van der Waals surface area (Å²) in [6, 6.07) is 10.6. The Bertz CT molecular complexity index is 271. The lowest BCUT2D eigenvalue weighted by Crippen LogP contribution is -2.17. The Morgan fingerprint density at radius 2 is 1.93 bits per heavy atom. The summed E-state index contributed by atoms with van der Waals surface area (Å²) in [7, 11) is 0. The first-order valence-electron chi connectivity index (χ1n) is 5.17. The highest BCUT2D eigenvalue weighted by Gasteiger charge is 1.89. The lowest BCUT2D eigenvalue weighted by molar-refractivity contribution is 0.742. The standard InChI is InChI=1S/C13H19N/c1-12(2)8-10-14-11-9-13-6-4-3-5-7-13/h3-8,14H,9-11H2,1-2H3. The Balaban J connectivity index is 2.14. The first kappa shape index (κ1) is 11.0. The quantitative estimate of drug-likeness (QED) is 0.555. The second-order valence-corrected chi connectivity index (χ2v) is 3.72. The second kappa shape index (κ2) is 6.39. The van der Waals surface area contributed by atoms with E-state index in [1.54, 1.807) is 0 Å². The van der Waals surface area contributed by atoms with Crippen LogP contribution in [0, 0.1) is 0 Å². The van der Waals surface area contributed by atoms with E-state index >= 15 is 0 Å². The molecule has 1 heteroatoms. The number of rotatable bonds is 5. The topological polar surface area (TPSA) is 12.0 Å². The molecule has 0 bridgehead atoms. The highest BCUT2D eigenvalue weighted by molar-refractivity contribution is 5.14. The molecular weight excluding hydrogens is 170 g/mol. The van der Waals surface area contributed by atoms with Crippen molar-refractivity contribution in [2.75, 3.05) is 13.1 Å². The molecule has 0 atom stereocenters. The normalized spacial score (nSPS) is 9.86. The van der Waals surface area contributed by atoms with E-state index in [2.05, 4.69) is 55.6 Å². The summed E-state index contributed by atoms with van der Waals surface area (Å²) in [5.41, 5.74) is 2.77. The van der Waals surface area contributed by atoms with E-state index in [0.717, 1.165) is 19.5 Å². The van der Waals surface area contributed by atoms with Gasteiger partial charge in [0.1, 0.15) is 0 Å². The van der Waals surface area contributed by atoms with Crippen LogP contribution in [-0.4, -0.2) is 13.1 Å². The highest BCUT2D eigenvalue weighted by Crippen LogP contribution is 1.97. The molecule has 0 saturated carbocycles. The van der Waals surface area contributed by atoms with Gasteiger partial charge < -0.3 is 5.32 Å². The van der Waals surface area contributed by atoms with Crippen LogP contribution in [0.25, 0.3) is 0 Å². The van der Waals surface area contributed by atoms with Crippen LogP contribution in [-0.2, 0) is 6.42 Å². The maximum Gasteiger partial charge on any atom is 0.0137 e. The van der Waals surface area contributed by atoms with Gasteiger partial charge in [-0.3, -0.25) is 0 Å². The number of hydrogen-bond acceptors (Lipinski definition) is 1. The van der Waals surface area contributed by atoms with E-state index in [4.69, 9.17) is 0 Å². The van der Waals surface area contributed by atoms with E-state index in [1.165, 1.54) is 11.1 Å². The Morgan fingerprint density at radius 3 is 2.57 bits per heavy atom. The van der Waals surface area contributed by atoms with E-state index < -0.39 is 0 Å². The van der Waals surface area contributed by atoms with Gasteiger partial charge in [-0.05, 0) is 32.4 Å². The molecule has 0 spiro atoms. The summed E-state index contributed by atoms with van der Waals surface area (Å²) in [6.07, 6.45) is 3.32. The lowest BCUT2D eigenvalue weighted by atomic mass is 10.1. The van der Waals surface area contributed by atoms with Crippen LogP contribution in [0.1, 0.15) is 19.4 Å². The molecule has 0 unspecified atom stereocenters. The molecule has 76 valence electrons. The lowest BCUT2D eigenvalue weighted by Gasteiger charge is -2.02. The van der Waals surface area contributed by atoms with Crippen LogP contribution in [0.3, 0.4) is 0 Å². The summed E-state index contributed by atoms with van der Waals surface area (Å²) >= 11 is 0. The van der Waals surface area contributed by atoms with Crippen molar-refractivity contribution in [2.24, 2.45) is 0 Å². The van der Waals surface area contributed by atoms with Crippen molar-refractivity contribution in [1.82, 2.24) is 5.32 Å². The summed E-state index contributed by atoms with van der Waals surface area (Å²) in [5, 5.41) is 3.39. The minimum Gasteiger partial charge on any atom is -0.313 e. The zero-order valence-electron chi connectivity index (χ0n) is 9.09. The van der Waals surface area contributed by atoms with Gasteiger partial charge >= 0.3 is 0 Å². The Labute approximate surface area is 86.8 Å². The highest BCUT2D eigenvalue weighted by atomic mass is 14.8. The molecule has 0 amide bonds. The van der Waals surface area contributed by atoms with E-state index in [-0.39, 0.29) is 0 Å². The van der Waals surface area contributed by atoms with Gasteiger partial charge in [0.05, 0.1) is 0 Å². The molecule has 1 N–H and O–H groups in total. The maximum atomic E-state index is 3.39. The van der Waals surface area contributed by atoms with E-state index in [9.17, 15) is 0 Å². The first-order chi connectivity index (χ1) is 6.79. The molecule has 1 aromatic rings. The molecule has 0 aliphatic heterocycles. The number of benzene rings is 1. The van der Waals surface area contributed by atoms with E-state index in [1.807, 2.05) is 0 Å². The molecule has 14 heavy (non-hydrogen) atoms. The predicted molar refractivity (Wildman–Crippen MR) is 62.4 cm³/mol. The van der Waals surface area contributed by atoms with Gasteiger partial charge in [0.2, 0.25) is 0 Å². The number of allylic oxidation sites excluding steroid dienone is 1. The minimum atomic E-state index is 0.981. The zero-order chi connectivity index (χ0) is 10.2. The largest absolute Gasteiger partial charge is 0.313 e. The fraction of sp³-hybridized carbons (Fsp3) is 0.385. The first-order valence-corrected chi connectivity index (χ1v) is 5.17. The van der Waals surface area contributed by atoms with E-state index in [0.29, 0.717) is 0 Å². The third kappa shape index (κ3) is 4.83. The van der Waals surface area contributed by atoms with Crippen molar-refractivity contribution < 1.29 is 0 Å². The minimum absolute atomic E-state index is 0.981. The summed E-state index contributed by atoms with van der Waals surface area (Å²) in [6.45, 7) is 6.28. The van der Waals surface area contributed by atoms with Gasteiger partial charge in [-0.1, -0.05) is 42.0 Å². The Morgan fingerprint density at radius 1 is 1.21 bits per heavy atom. The maximum absolute atomic E-state index is 3.39. The van der Waals surface area contributed by atoms with Crippen LogP contribution in [0.5, 0.6) is 0 Å². The molecule has 0 aliphatic carbocycles. The SMILES string of the molecule is CC(C)=CCNCCc1ccccc1. The average molecular weight is 189 g/mol. The number of hydrogen-bond donors (Lipinski definition) is 1. The van der Waals surface area contributed by atoms with Crippen molar-refractivity contribution in [1.29, 1.82) is 0 Å². The third-order valence-electron chi connectivity index (χ3n) is 2.09. The monoisotopic (exact) mass is 189 g/mol. The molecule has 0 saturated heterocycles. The van der Waals surface area contributed by atoms with Crippen LogP contribution >= 0.6 is 0 Å². The molecule has 0 aromatic heterocycles. The van der Waals surface area contributed by atoms with Gasteiger partial charge in [-0.25, -0.2) is 0 Å². The Kier molecular flexibility index (Phi) is 5.02. The van der Waals surface area contributed by atoms with Crippen LogP contribution in [0.4, 0.5) is 0 Å². The molecule has 0 aliphatic rings. The molecule has 0 fully saturated rings. The van der Waals surface area contributed by atoms with Crippen molar-refractivity contribution >= 4 is 0 Å². The molecule has 0 radical (unpaired) electrons. The van der Waals surface area contributed by atoms with Crippen molar-refractivity contribution in [3.05, 3.63) is 47.5 Å². The average Bonchev–Trinajstić information content (AvgIpc) is 2.18. The fourth-order valence-electron chi connectivity index (χ4n) is 1.26. The fourth-order valence-corrected chi connectivity index (χ4v) is 1.26. The third-order valence-corrected chi connectivity index (χ3v) is 2.09. The summed E-state index contributed by atoms with van der Waals surface area (Å²) in [4.78, 5) is 0. The second-order valence-electron chi connectivity index (χ2n) is 3.72. The summed E-state index contributed by atoms with van der Waals surface area (Å²) in [5.74, 6) is 0.